The molecule has 4 aliphatic rings. The van der Waals surface area contributed by atoms with E-state index in [0.717, 1.165) is 68.7 Å². The van der Waals surface area contributed by atoms with Crippen molar-refractivity contribution in [2.45, 2.75) is 147 Å². The number of likely N-dealkylation sites (tertiary alicyclic amines) is 2. The number of unbranched alkanes of at least 4 members (excludes halogenated alkanes) is 12. The molecule has 0 aliphatic carbocycles. The molecule has 11 nitrogen and oxygen atoms in total. The predicted octanol–water partition coefficient (Wildman–Crippen LogP) is 7.98. The first-order chi connectivity index (χ1) is 28.3. The van der Waals surface area contributed by atoms with E-state index in [1.54, 1.807) is 6.07 Å². The Bertz CT molecular complexity index is 1510. The first kappa shape index (κ1) is 45.6. The molecule has 324 valence electrons. The van der Waals surface area contributed by atoms with Gasteiger partial charge in [0.25, 0.3) is 0 Å². The molecule has 2 saturated heterocycles. The van der Waals surface area contributed by atoms with Gasteiger partial charge in [-0.3, -0.25) is 4.79 Å². The Morgan fingerprint density at radius 1 is 0.672 bits per heavy atom. The minimum absolute atomic E-state index is 0.0452. The average molecular weight is 807 g/mol. The lowest BCUT2D eigenvalue weighted by Gasteiger charge is -2.29. The number of fused-ring (bicyclic) bond motifs is 2. The van der Waals surface area contributed by atoms with E-state index in [-0.39, 0.29) is 11.9 Å². The zero-order valence-electron chi connectivity index (χ0n) is 35.5. The Labute approximate surface area is 348 Å². The number of aliphatic hydroxyl groups is 2. The van der Waals surface area contributed by atoms with Gasteiger partial charge in [-0.15, -0.1) is 0 Å². The third-order valence-electron chi connectivity index (χ3n) is 11.9. The molecule has 0 bridgehead atoms. The number of rotatable bonds is 23. The maximum absolute atomic E-state index is 12.8. The second kappa shape index (κ2) is 25.2. The minimum Gasteiger partial charge on any atom is -0.486 e. The summed E-state index contributed by atoms with van der Waals surface area (Å²) < 4.78 is 22.4. The molecule has 6 rings (SSSR count). The number of nitrogens with one attached hydrogen (secondary N) is 1. The highest BCUT2D eigenvalue weighted by atomic mass is 16.6. The third-order valence-corrected chi connectivity index (χ3v) is 11.9. The molecule has 0 aromatic heterocycles. The van der Waals surface area contributed by atoms with Crippen molar-refractivity contribution in [1.29, 1.82) is 0 Å². The van der Waals surface area contributed by atoms with Crippen LogP contribution in [0.1, 0.15) is 146 Å². The van der Waals surface area contributed by atoms with E-state index in [2.05, 4.69) is 28.6 Å². The fraction of sp³-hybridized carbons (Fsp3) is 0.681. The fourth-order valence-electron chi connectivity index (χ4n) is 8.37. The molecule has 0 spiro atoms. The van der Waals surface area contributed by atoms with E-state index in [1.807, 2.05) is 30.3 Å². The van der Waals surface area contributed by atoms with Crippen molar-refractivity contribution in [1.82, 2.24) is 15.1 Å². The van der Waals surface area contributed by atoms with Gasteiger partial charge in [0.2, 0.25) is 5.91 Å². The molecule has 0 saturated carbocycles. The lowest BCUT2D eigenvalue weighted by atomic mass is 9.99. The summed E-state index contributed by atoms with van der Waals surface area (Å²) in [6, 6.07) is 10.2. The molecular weight excluding hydrogens is 733 g/mol. The Morgan fingerprint density at radius 3 is 1.64 bits per heavy atom. The van der Waals surface area contributed by atoms with Gasteiger partial charge in [0.15, 0.2) is 23.0 Å². The smallest absolute Gasteiger partial charge is 0.220 e. The van der Waals surface area contributed by atoms with Gasteiger partial charge in [-0.05, 0) is 80.6 Å². The minimum atomic E-state index is -0.797. The number of hydrogen-bond donors (Lipinski definition) is 4. The fourth-order valence-corrected chi connectivity index (χ4v) is 8.37. The summed E-state index contributed by atoms with van der Waals surface area (Å²) in [5, 5.41) is 24.9. The number of amides is 1. The summed E-state index contributed by atoms with van der Waals surface area (Å²) in [7, 11) is 0. The predicted molar refractivity (Wildman–Crippen MR) is 231 cm³/mol. The van der Waals surface area contributed by atoms with Crippen molar-refractivity contribution in [2.75, 3.05) is 59.2 Å². The zero-order valence-corrected chi connectivity index (χ0v) is 35.5. The number of carbonyl (C=O) groups is 1. The number of benzene rings is 2. The molecule has 58 heavy (non-hydrogen) atoms. The molecular formula is C47H74N4O7. The monoisotopic (exact) mass is 807 g/mol. The highest BCUT2D eigenvalue weighted by Crippen LogP contribution is 2.35. The van der Waals surface area contributed by atoms with E-state index in [0.29, 0.717) is 62.4 Å². The second-order valence-electron chi connectivity index (χ2n) is 16.6. The van der Waals surface area contributed by atoms with Crippen LogP contribution in [0.15, 0.2) is 48.7 Å². The van der Waals surface area contributed by atoms with Crippen LogP contribution in [-0.4, -0.2) is 97.2 Å². The second-order valence-corrected chi connectivity index (χ2v) is 16.6. The summed E-state index contributed by atoms with van der Waals surface area (Å²) in [6.07, 6.45) is 20.5. The van der Waals surface area contributed by atoms with Gasteiger partial charge >= 0.3 is 0 Å². The first-order valence-corrected chi connectivity index (χ1v) is 22.7. The molecule has 0 unspecified atom stereocenters. The van der Waals surface area contributed by atoms with Crippen LogP contribution >= 0.6 is 0 Å². The molecule has 11 heteroatoms. The number of aliphatic hydroxyl groups excluding tert-OH is 2. The molecule has 0 radical (unpaired) electrons. The molecule has 2 fully saturated rings. The SMILES string of the molecule is C=C([C@@H](N)[C@H](O)c1ccc2c(c1)OCCO2)N1CCCC1.CCCCCCCCCCCCCCCC(=O)N[C@H](CN1CCCC1)[C@H](O)c1ccc2c(c1)OCCO2. The number of hydrogen-bond acceptors (Lipinski definition) is 10. The van der Waals surface area contributed by atoms with Crippen LogP contribution < -0.4 is 30.0 Å². The number of ether oxygens (including phenoxy) is 4. The van der Waals surface area contributed by atoms with E-state index >= 15 is 0 Å². The topological polar surface area (TPSA) is 139 Å². The maximum atomic E-state index is 12.8. The third kappa shape index (κ3) is 14.6. The summed E-state index contributed by atoms with van der Waals surface area (Å²) >= 11 is 0. The Hall–Kier alpha value is -3.51. The summed E-state index contributed by atoms with van der Waals surface area (Å²) in [5.74, 6) is 2.80. The lowest BCUT2D eigenvalue weighted by Crippen LogP contribution is -2.46. The normalized spacial score (nSPS) is 18.2. The quantitative estimate of drug-likeness (QED) is 0.0818. The van der Waals surface area contributed by atoms with Crippen LogP contribution in [0.4, 0.5) is 0 Å². The summed E-state index contributed by atoms with van der Waals surface area (Å²) in [4.78, 5) is 17.3. The van der Waals surface area contributed by atoms with E-state index in [1.165, 1.54) is 83.5 Å². The molecule has 2 aromatic carbocycles. The Morgan fingerprint density at radius 2 is 1.12 bits per heavy atom. The van der Waals surface area contributed by atoms with Crippen LogP contribution in [-0.2, 0) is 4.79 Å². The molecule has 5 N–H and O–H groups in total. The van der Waals surface area contributed by atoms with Crippen LogP contribution in [0.3, 0.4) is 0 Å². The van der Waals surface area contributed by atoms with Gasteiger partial charge in [-0.25, -0.2) is 0 Å². The molecule has 1 amide bonds. The number of carbonyl (C=O) groups excluding carboxylic acids is 1. The average Bonchev–Trinajstić information content (AvgIpc) is 4.00. The zero-order chi connectivity index (χ0) is 41.0. The van der Waals surface area contributed by atoms with E-state index < -0.39 is 18.2 Å². The molecule has 4 aliphatic heterocycles. The van der Waals surface area contributed by atoms with Crippen LogP contribution in [0.5, 0.6) is 23.0 Å². The van der Waals surface area contributed by atoms with Crippen LogP contribution in [0.25, 0.3) is 0 Å². The van der Waals surface area contributed by atoms with Gasteiger partial charge < -0.3 is 50.0 Å². The molecule has 2 aromatic rings. The van der Waals surface area contributed by atoms with Gasteiger partial charge in [-0.1, -0.05) is 103 Å². The van der Waals surface area contributed by atoms with Crippen molar-refractivity contribution in [3.63, 3.8) is 0 Å². The lowest BCUT2D eigenvalue weighted by molar-refractivity contribution is -0.123. The molecule has 4 atom stereocenters. The van der Waals surface area contributed by atoms with Crippen molar-refractivity contribution < 1.29 is 34.0 Å². The van der Waals surface area contributed by atoms with Gasteiger partial charge in [0.05, 0.1) is 18.2 Å². The number of nitrogens with two attached hydrogens (primary N) is 1. The summed E-state index contributed by atoms with van der Waals surface area (Å²) in [6.45, 7) is 13.1. The highest BCUT2D eigenvalue weighted by Gasteiger charge is 2.29. The summed E-state index contributed by atoms with van der Waals surface area (Å²) in [5.41, 5.74) is 8.47. The van der Waals surface area contributed by atoms with E-state index in [4.69, 9.17) is 24.7 Å². The standard InChI is InChI=1S/C31H52N2O4.C16H22N2O3/c1-2-3-4-5-6-7-8-9-10-11-12-13-14-17-30(34)32-27(25-33-20-15-16-21-33)31(35)26-18-19-28-29(24-26)37-23-22-36-28;1-11(18-6-2-3-7-18)15(17)16(19)12-4-5-13-14(10-12)21-9-8-20-13/h18-19,24,27,31,35H,2-17,20-23,25H2,1H3,(H,32,34);4-5,10,15-16,19H,1-3,6-9,17H2/t27-,31-;15-,16-/m11/s1. The van der Waals surface area contributed by atoms with Crippen LogP contribution in [0.2, 0.25) is 0 Å². The van der Waals surface area contributed by atoms with Crippen molar-refractivity contribution >= 4 is 5.91 Å². The van der Waals surface area contributed by atoms with Crippen LogP contribution in [0, 0.1) is 0 Å². The van der Waals surface area contributed by atoms with Crippen molar-refractivity contribution in [2.24, 2.45) is 5.73 Å². The van der Waals surface area contributed by atoms with Crippen molar-refractivity contribution in [3.05, 3.63) is 59.8 Å². The van der Waals surface area contributed by atoms with Gasteiger partial charge in [0.1, 0.15) is 32.5 Å². The first-order valence-electron chi connectivity index (χ1n) is 22.7. The van der Waals surface area contributed by atoms with Gasteiger partial charge in [-0.2, -0.15) is 0 Å². The number of nitrogens with zero attached hydrogens (tertiary/aromatic N) is 2. The Balaban J connectivity index is 0.000000256. The Kier molecular flexibility index (Phi) is 19.8. The van der Waals surface area contributed by atoms with Crippen molar-refractivity contribution in [3.8, 4) is 23.0 Å². The van der Waals surface area contributed by atoms with E-state index in [9.17, 15) is 15.0 Å². The largest absolute Gasteiger partial charge is 0.486 e. The van der Waals surface area contributed by atoms with Gasteiger partial charge in [0, 0.05) is 31.8 Å². The molecule has 4 heterocycles. The maximum Gasteiger partial charge on any atom is 0.220 e. The highest BCUT2D eigenvalue weighted by molar-refractivity contribution is 5.76.